The lowest BCUT2D eigenvalue weighted by Crippen LogP contribution is -2.07. The molecular formula is C10H11ClF2O. The Morgan fingerprint density at radius 2 is 1.71 bits per heavy atom. The Kier molecular flexibility index (Phi) is 3.45. The quantitative estimate of drug-likeness (QED) is 0.759. The molecule has 0 spiro atoms. The molecule has 1 nitrogen and oxygen atoms in total. The average molecular weight is 221 g/mol. The van der Waals surface area contributed by atoms with Crippen molar-refractivity contribution in [2.45, 2.75) is 20.0 Å². The second-order valence-electron chi connectivity index (χ2n) is 3.48. The molecule has 1 aromatic rings. The third-order valence-corrected chi connectivity index (χ3v) is 2.32. The number of halogens is 3. The van der Waals surface area contributed by atoms with E-state index in [1.54, 1.807) is 13.8 Å². The van der Waals surface area contributed by atoms with Crippen molar-refractivity contribution in [1.29, 1.82) is 0 Å². The molecule has 0 aliphatic rings. The van der Waals surface area contributed by atoms with Gasteiger partial charge in [0.1, 0.15) is 0 Å². The van der Waals surface area contributed by atoms with Gasteiger partial charge in [-0.25, -0.2) is 8.78 Å². The molecule has 0 fully saturated rings. The number of hydrogen-bond donors (Lipinski definition) is 1. The van der Waals surface area contributed by atoms with Gasteiger partial charge in [0.25, 0.3) is 0 Å². The lowest BCUT2D eigenvalue weighted by molar-refractivity contribution is 0.126. The summed E-state index contributed by atoms with van der Waals surface area (Å²) in [6, 6.07) is 1.81. The summed E-state index contributed by atoms with van der Waals surface area (Å²) in [5.74, 6) is -2.10. The van der Waals surface area contributed by atoms with Crippen molar-refractivity contribution in [2.75, 3.05) is 0 Å². The predicted octanol–water partition coefficient (Wildman–Crippen LogP) is 3.31. The smallest absolute Gasteiger partial charge is 0.160 e. The molecule has 0 amide bonds. The van der Waals surface area contributed by atoms with Crippen molar-refractivity contribution in [1.82, 2.24) is 0 Å². The van der Waals surface area contributed by atoms with E-state index in [9.17, 15) is 13.9 Å². The fraction of sp³-hybridized carbons (Fsp3) is 0.400. The van der Waals surface area contributed by atoms with Crippen LogP contribution in [0.5, 0.6) is 0 Å². The molecule has 78 valence electrons. The van der Waals surface area contributed by atoms with Crippen molar-refractivity contribution in [2.24, 2.45) is 5.92 Å². The average Bonchev–Trinajstić information content (AvgIpc) is 2.10. The second kappa shape index (κ2) is 4.24. The van der Waals surface area contributed by atoms with Crippen LogP contribution in [0.4, 0.5) is 8.78 Å². The van der Waals surface area contributed by atoms with E-state index in [2.05, 4.69) is 0 Å². The van der Waals surface area contributed by atoms with Crippen LogP contribution in [0.1, 0.15) is 25.5 Å². The van der Waals surface area contributed by atoms with E-state index in [1.165, 1.54) is 0 Å². The zero-order valence-electron chi connectivity index (χ0n) is 7.89. The minimum atomic E-state index is -1.00. The van der Waals surface area contributed by atoms with Gasteiger partial charge >= 0.3 is 0 Å². The first-order valence-corrected chi connectivity index (χ1v) is 4.63. The van der Waals surface area contributed by atoms with Crippen molar-refractivity contribution < 1.29 is 13.9 Å². The first kappa shape index (κ1) is 11.4. The second-order valence-corrected chi connectivity index (χ2v) is 3.88. The van der Waals surface area contributed by atoms with Gasteiger partial charge in [-0.1, -0.05) is 25.4 Å². The molecule has 0 aliphatic carbocycles. The van der Waals surface area contributed by atoms with E-state index in [0.717, 1.165) is 12.1 Å². The summed E-state index contributed by atoms with van der Waals surface area (Å²) < 4.78 is 25.5. The van der Waals surface area contributed by atoms with Gasteiger partial charge in [0.15, 0.2) is 11.6 Å². The summed E-state index contributed by atoms with van der Waals surface area (Å²) in [4.78, 5) is 0. The van der Waals surface area contributed by atoms with Gasteiger partial charge in [0.2, 0.25) is 0 Å². The lowest BCUT2D eigenvalue weighted by Gasteiger charge is -2.16. The molecule has 1 N–H and O–H groups in total. The van der Waals surface area contributed by atoms with Gasteiger partial charge in [-0.05, 0) is 18.1 Å². The highest BCUT2D eigenvalue weighted by atomic mass is 35.5. The highest BCUT2D eigenvalue weighted by Crippen LogP contribution is 2.29. The fourth-order valence-electron chi connectivity index (χ4n) is 1.12. The molecule has 0 aliphatic heterocycles. The maximum atomic E-state index is 12.8. The van der Waals surface area contributed by atoms with E-state index in [4.69, 9.17) is 11.6 Å². The van der Waals surface area contributed by atoms with Crippen LogP contribution in [0.25, 0.3) is 0 Å². The van der Waals surface area contributed by atoms with Gasteiger partial charge in [0, 0.05) is 10.6 Å². The summed E-state index contributed by atoms with van der Waals surface area (Å²) in [5.41, 5.74) is 0.223. The standard InChI is InChI=1S/C10H11ClF2O/c1-5(2)10(14)6-3-8(12)9(13)4-7(6)11/h3-5,10,14H,1-2H3. The molecule has 1 aromatic carbocycles. The van der Waals surface area contributed by atoms with E-state index < -0.39 is 17.7 Å². The minimum absolute atomic E-state index is 0.0464. The number of aliphatic hydroxyl groups excluding tert-OH is 1. The minimum Gasteiger partial charge on any atom is -0.388 e. The van der Waals surface area contributed by atoms with Crippen LogP contribution in [0.3, 0.4) is 0 Å². The van der Waals surface area contributed by atoms with Crippen molar-refractivity contribution in [3.63, 3.8) is 0 Å². The van der Waals surface area contributed by atoms with Crippen LogP contribution in [0.15, 0.2) is 12.1 Å². The van der Waals surface area contributed by atoms with Crippen molar-refractivity contribution >= 4 is 11.6 Å². The highest BCUT2D eigenvalue weighted by Gasteiger charge is 2.18. The normalized spacial score (nSPS) is 13.4. The van der Waals surface area contributed by atoms with E-state index >= 15 is 0 Å². The summed E-state index contributed by atoms with van der Waals surface area (Å²) in [5, 5.41) is 9.67. The molecule has 1 rings (SSSR count). The molecule has 4 heteroatoms. The van der Waals surface area contributed by atoms with Crippen LogP contribution in [-0.2, 0) is 0 Å². The van der Waals surface area contributed by atoms with Crippen LogP contribution in [0, 0.1) is 17.6 Å². The molecule has 1 unspecified atom stereocenters. The Hall–Kier alpha value is -0.670. The molecule has 1 atom stereocenters. The molecule has 0 aromatic heterocycles. The molecule has 0 radical (unpaired) electrons. The number of benzene rings is 1. The molecular weight excluding hydrogens is 210 g/mol. The maximum absolute atomic E-state index is 12.8. The molecule has 14 heavy (non-hydrogen) atoms. The molecule has 0 saturated carbocycles. The number of hydrogen-bond acceptors (Lipinski definition) is 1. The highest BCUT2D eigenvalue weighted by molar-refractivity contribution is 6.31. The summed E-state index contributed by atoms with van der Waals surface area (Å²) in [6.07, 6.45) is -0.877. The first-order valence-electron chi connectivity index (χ1n) is 4.26. The zero-order valence-corrected chi connectivity index (χ0v) is 8.65. The van der Waals surface area contributed by atoms with Crippen LogP contribution >= 0.6 is 11.6 Å². The Morgan fingerprint density at radius 1 is 1.21 bits per heavy atom. The van der Waals surface area contributed by atoms with E-state index in [1.807, 2.05) is 0 Å². The monoisotopic (exact) mass is 220 g/mol. The van der Waals surface area contributed by atoms with E-state index in [-0.39, 0.29) is 16.5 Å². The van der Waals surface area contributed by atoms with Gasteiger partial charge < -0.3 is 5.11 Å². The van der Waals surface area contributed by atoms with Gasteiger partial charge in [-0.15, -0.1) is 0 Å². The third kappa shape index (κ3) is 2.22. The van der Waals surface area contributed by atoms with Crippen LogP contribution < -0.4 is 0 Å². The van der Waals surface area contributed by atoms with Gasteiger partial charge in [-0.2, -0.15) is 0 Å². The summed E-state index contributed by atoms with van der Waals surface area (Å²) in [7, 11) is 0. The summed E-state index contributed by atoms with van der Waals surface area (Å²) in [6.45, 7) is 3.53. The van der Waals surface area contributed by atoms with Crippen LogP contribution in [-0.4, -0.2) is 5.11 Å². The fourth-order valence-corrected chi connectivity index (χ4v) is 1.39. The Morgan fingerprint density at radius 3 is 2.21 bits per heavy atom. The van der Waals surface area contributed by atoms with Crippen LogP contribution in [0.2, 0.25) is 5.02 Å². The Bertz CT molecular complexity index is 339. The first-order chi connectivity index (χ1) is 6.43. The zero-order chi connectivity index (χ0) is 10.9. The van der Waals surface area contributed by atoms with Crippen molar-refractivity contribution in [3.05, 3.63) is 34.4 Å². The summed E-state index contributed by atoms with van der Waals surface area (Å²) >= 11 is 5.67. The third-order valence-electron chi connectivity index (χ3n) is 1.99. The lowest BCUT2D eigenvalue weighted by atomic mass is 9.99. The largest absolute Gasteiger partial charge is 0.388 e. The number of aliphatic hydroxyl groups is 1. The molecule has 0 bridgehead atoms. The molecule has 0 saturated heterocycles. The van der Waals surface area contributed by atoms with Gasteiger partial charge in [0.05, 0.1) is 6.10 Å². The Balaban J connectivity index is 3.15. The maximum Gasteiger partial charge on any atom is 0.160 e. The number of rotatable bonds is 2. The van der Waals surface area contributed by atoms with Gasteiger partial charge in [-0.3, -0.25) is 0 Å². The SMILES string of the molecule is CC(C)C(O)c1cc(F)c(F)cc1Cl. The predicted molar refractivity (Wildman–Crippen MR) is 51.2 cm³/mol. The molecule has 0 heterocycles. The Labute approximate surface area is 86.3 Å². The topological polar surface area (TPSA) is 20.2 Å². The van der Waals surface area contributed by atoms with Crippen molar-refractivity contribution in [3.8, 4) is 0 Å². The van der Waals surface area contributed by atoms with E-state index in [0.29, 0.717) is 0 Å².